The van der Waals surface area contributed by atoms with Crippen molar-refractivity contribution in [1.29, 1.82) is 0 Å². The van der Waals surface area contributed by atoms with Crippen molar-refractivity contribution in [3.05, 3.63) is 84.0 Å². The highest BCUT2D eigenvalue weighted by molar-refractivity contribution is 7.99. The van der Waals surface area contributed by atoms with Crippen LogP contribution in [0.1, 0.15) is 17.0 Å². The summed E-state index contributed by atoms with van der Waals surface area (Å²) in [7, 11) is 0. The molecule has 0 N–H and O–H groups in total. The van der Waals surface area contributed by atoms with Gasteiger partial charge >= 0.3 is 0 Å². The van der Waals surface area contributed by atoms with Gasteiger partial charge in [-0.15, -0.1) is 0 Å². The summed E-state index contributed by atoms with van der Waals surface area (Å²) in [5.41, 5.74) is 2.32. The number of carbonyl (C=O) groups excluding carboxylic acids is 1. The molecule has 0 saturated heterocycles. The van der Waals surface area contributed by atoms with Gasteiger partial charge in [-0.2, -0.15) is 0 Å². The fraction of sp³-hybridized carbons (Fsp3) is 0.105. The van der Waals surface area contributed by atoms with Crippen molar-refractivity contribution in [3.63, 3.8) is 0 Å². The summed E-state index contributed by atoms with van der Waals surface area (Å²) in [6.07, 6.45) is 7.31. The van der Waals surface area contributed by atoms with E-state index in [1.54, 1.807) is 23.9 Å². The summed E-state index contributed by atoms with van der Waals surface area (Å²) in [6, 6.07) is 16.8. The molecular weight excluding hydrogens is 276 g/mol. The van der Waals surface area contributed by atoms with Crippen LogP contribution >= 0.6 is 11.8 Å². The standard InChI is InChI=1S/C19H16OS/c1-14-6-10-16(11-7-14)21-17-12-8-15(9-13-17)18-4-2-3-5-19(18)20/h2-13,18H,1H3. The van der Waals surface area contributed by atoms with E-state index in [2.05, 4.69) is 43.3 Å². The van der Waals surface area contributed by atoms with Gasteiger partial charge < -0.3 is 0 Å². The van der Waals surface area contributed by atoms with Crippen LogP contribution in [-0.2, 0) is 4.79 Å². The zero-order valence-electron chi connectivity index (χ0n) is 11.8. The van der Waals surface area contributed by atoms with Crippen LogP contribution in [0.2, 0.25) is 0 Å². The lowest BCUT2D eigenvalue weighted by Gasteiger charge is -2.12. The molecule has 1 atom stereocenters. The van der Waals surface area contributed by atoms with Crippen LogP contribution in [0.3, 0.4) is 0 Å². The molecule has 2 aromatic carbocycles. The first kappa shape index (κ1) is 13.9. The average molecular weight is 292 g/mol. The maximum absolute atomic E-state index is 11.9. The van der Waals surface area contributed by atoms with Gasteiger partial charge in [-0.25, -0.2) is 0 Å². The molecule has 2 heteroatoms. The normalized spacial score (nSPS) is 17.2. The second kappa shape index (κ2) is 6.15. The summed E-state index contributed by atoms with van der Waals surface area (Å²) < 4.78 is 0. The largest absolute Gasteiger partial charge is 0.294 e. The van der Waals surface area contributed by atoms with E-state index in [1.165, 1.54) is 15.4 Å². The first-order valence-electron chi connectivity index (χ1n) is 6.95. The molecule has 1 aliphatic carbocycles. The fourth-order valence-corrected chi connectivity index (χ4v) is 3.10. The van der Waals surface area contributed by atoms with Crippen LogP contribution in [0.15, 0.2) is 82.6 Å². The number of aryl methyl sites for hydroxylation is 1. The summed E-state index contributed by atoms with van der Waals surface area (Å²) in [4.78, 5) is 14.3. The molecule has 1 nitrogen and oxygen atoms in total. The Hall–Kier alpha value is -2.06. The predicted molar refractivity (Wildman–Crippen MR) is 87.8 cm³/mol. The van der Waals surface area contributed by atoms with Gasteiger partial charge in [-0.05, 0) is 42.8 Å². The summed E-state index contributed by atoms with van der Waals surface area (Å²) >= 11 is 1.74. The molecule has 0 aliphatic heterocycles. The Morgan fingerprint density at radius 3 is 2.10 bits per heavy atom. The highest BCUT2D eigenvalue weighted by atomic mass is 32.2. The van der Waals surface area contributed by atoms with E-state index in [4.69, 9.17) is 0 Å². The van der Waals surface area contributed by atoms with Gasteiger partial charge in [-0.1, -0.05) is 59.8 Å². The third-order valence-corrected chi connectivity index (χ3v) is 4.49. The molecule has 1 unspecified atom stereocenters. The Morgan fingerprint density at radius 1 is 0.857 bits per heavy atom. The van der Waals surface area contributed by atoms with Crippen LogP contribution in [0.4, 0.5) is 0 Å². The van der Waals surface area contributed by atoms with Crippen LogP contribution in [-0.4, -0.2) is 5.78 Å². The molecule has 2 aromatic rings. The highest BCUT2D eigenvalue weighted by Gasteiger charge is 2.16. The molecule has 1 aliphatic rings. The minimum Gasteiger partial charge on any atom is -0.294 e. The summed E-state index contributed by atoms with van der Waals surface area (Å²) in [5.74, 6) is 0.0184. The molecule has 0 amide bonds. The third-order valence-electron chi connectivity index (χ3n) is 3.48. The molecule has 0 fully saturated rings. The number of carbonyl (C=O) groups is 1. The lowest BCUT2D eigenvalue weighted by atomic mass is 9.92. The van der Waals surface area contributed by atoms with Gasteiger partial charge in [-0.3, -0.25) is 4.79 Å². The van der Waals surface area contributed by atoms with Gasteiger partial charge in [0, 0.05) is 9.79 Å². The second-order valence-electron chi connectivity index (χ2n) is 5.11. The number of benzene rings is 2. The van der Waals surface area contributed by atoms with E-state index in [0.29, 0.717) is 0 Å². The van der Waals surface area contributed by atoms with E-state index in [0.717, 1.165) is 5.56 Å². The average Bonchev–Trinajstić information content (AvgIpc) is 2.51. The molecule has 0 radical (unpaired) electrons. The van der Waals surface area contributed by atoms with Gasteiger partial charge in [0.25, 0.3) is 0 Å². The summed E-state index contributed by atoms with van der Waals surface area (Å²) in [5, 5.41) is 0. The highest BCUT2D eigenvalue weighted by Crippen LogP contribution is 2.30. The Labute approximate surface area is 129 Å². The molecule has 21 heavy (non-hydrogen) atoms. The van der Waals surface area contributed by atoms with E-state index in [-0.39, 0.29) is 11.7 Å². The monoisotopic (exact) mass is 292 g/mol. The zero-order chi connectivity index (χ0) is 14.7. The molecule has 3 rings (SSSR count). The molecule has 0 aromatic heterocycles. The van der Waals surface area contributed by atoms with Gasteiger partial charge in [0.1, 0.15) is 0 Å². The second-order valence-corrected chi connectivity index (χ2v) is 6.26. The molecule has 0 saturated carbocycles. The summed E-state index contributed by atoms with van der Waals surface area (Å²) in [6.45, 7) is 2.09. The van der Waals surface area contributed by atoms with Crippen LogP contribution < -0.4 is 0 Å². The smallest absolute Gasteiger partial charge is 0.166 e. The number of allylic oxidation sites excluding steroid dienone is 4. The molecule has 0 spiro atoms. The van der Waals surface area contributed by atoms with E-state index in [1.807, 2.05) is 24.3 Å². The number of hydrogen-bond acceptors (Lipinski definition) is 2. The SMILES string of the molecule is Cc1ccc(Sc2ccc(C3C=CC=CC3=O)cc2)cc1. The lowest BCUT2D eigenvalue weighted by molar-refractivity contribution is -0.115. The van der Waals surface area contributed by atoms with Crippen molar-refractivity contribution >= 4 is 17.5 Å². The third kappa shape index (κ3) is 3.34. The molecule has 0 bridgehead atoms. The first-order valence-corrected chi connectivity index (χ1v) is 7.77. The first-order chi connectivity index (χ1) is 10.2. The Morgan fingerprint density at radius 2 is 1.48 bits per heavy atom. The van der Waals surface area contributed by atoms with Crippen molar-refractivity contribution in [2.45, 2.75) is 22.6 Å². The molecule has 0 heterocycles. The number of rotatable bonds is 3. The maximum atomic E-state index is 11.9. The van der Waals surface area contributed by atoms with Crippen molar-refractivity contribution in [2.75, 3.05) is 0 Å². The van der Waals surface area contributed by atoms with Crippen LogP contribution in [0.5, 0.6) is 0 Å². The minimum atomic E-state index is -0.131. The van der Waals surface area contributed by atoms with E-state index in [9.17, 15) is 4.79 Å². The van der Waals surface area contributed by atoms with Crippen LogP contribution in [0, 0.1) is 6.92 Å². The van der Waals surface area contributed by atoms with Crippen molar-refractivity contribution in [2.24, 2.45) is 0 Å². The van der Waals surface area contributed by atoms with E-state index >= 15 is 0 Å². The fourth-order valence-electron chi connectivity index (χ4n) is 2.29. The quantitative estimate of drug-likeness (QED) is 0.798. The maximum Gasteiger partial charge on any atom is 0.166 e. The predicted octanol–water partition coefficient (Wildman–Crippen LogP) is 4.92. The van der Waals surface area contributed by atoms with Gasteiger partial charge in [0.15, 0.2) is 5.78 Å². The van der Waals surface area contributed by atoms with Crippen molar-refractivity contribution in [1.82, 2.24) is 0 Å². The van der Waals surface area contributed by atoms with Crippen LogP contribution in [0.25, 0.3) is 0 Å². The topological polar surface area (TPSA) is 17.1 Å². The number of ketones is 1. The lowest BCUT2D eigenvalue weighted by Crippen LogP contribution is -2.09. The van der Waals surface area contributed by atoms with Crippen molar-refractivity contribution in [3.8, 4) is 0 Å². The zero-order valence-corrected chi connectivity index (χ0v) is 12.6. The Balaban J connectivity index is 1.75. The minimum absolute atomic E-state index is 0.131. The Kier molecular flexibility index (Phi) is 4.07. The Bertz CT molecular complexity index is 693. The van der Waals surface area contributed by atoms with Gasteiger partial charge in [0.2, 0.25) is 0 Å². The number of hydrogen-bond donors (Lipinski definition) is 0. The van der Waals surface area contributed by atoms with Gasteiger partial charge in [0.05, 0.1) is 5.92 Å². The molecular formula is C19H16OS. The van der Waals surface area contributed by atoms with E-state index < -0.39 is 0 Å². The van der Waals surface area contributed by atoms with Crippen molar-refractivity contribution < 1.29 is 4.79 Å². The molecule has 104 valence electrons.